The van der Waals surface area contributed by atoms with Crippen molar-refractivity contribution < 1.29 is 43.3 Å². The summed E-state index contributed by atoms with van der Waals surface area (Å²) >= 11 is 0. The van der Waals surface area contributed by atoms with E-state index in [1.54, 1.807) is 27.2 Å². The zero-order valence-electron chi connectivity index (χ0n) is 26.6. The van der Waals surface area contributed by atoms with Crippen molar-refractivity contribution in [1.82, 2.24) is 20.2 Å². The molecule has 3 amide bonds. The number of nitrogens with one attached hydrogen (secondary N) is 1. The predicted octanol–water partition coefficient (Wildman–Crippen LogP) is 0.508. The highest BCUT2D eigenvalue weighted by Crippen LogP contribution is 2.56. The van der Waals surface area contributed by atoms with Crippen LogP contribution in [-0.2, 0) is 51.2 Å². The highest BCUT2D eigenvalue weighted by molar-refractivity contribution is 5.96. The second kappa shape index (κ2) is 13.5. The lowest BCUT2D eigenvalue weighted by Gasteiger charge is -2.50. The maximum absolute atomic E-state index is 15.0. The summed E-state index contributed by atoms with van der Waals surface area (Å²) in [6.45, 7) is -0.177. The second-order valence-corrected chi connectivity index (χ2v) is 12.5. The molecule has 2 aromatic carbocycles. The Morgan fingerprint density at radius 3 is 2.53 bits per heavy atom. The molecule has 0 spiro atoms. The zero-order chi connectivity index (χ0) is 33.3. The number of benzene rings is 2. The van der Waals surface area contributed by atoms with Crippen molar-refractivity contribution in [3.05, 3.63) is 77.4 Å². The van der Waals surface area contributed by atoms with Crippen LogP contribution in [0.1, 0.15) is 23.1 Å². The monoisotopic (exact) mass is 648 g/mol. The number of hydrogen-bond acceptors (Lipinski definition) is 10. The number of nitrogens with zero attached hydrogens (tertiary/aromatic N) is 3. The van der Waals surface area contributed by atoms with Gasteiger partial charge in [0.25, 0.3) is 0 Å². The van der Waals surface area contributed by atoms with E-state index in [1.807, 2.05) is 54.6 Å². The maximum atomic E-state index is 15.0. The molecule has 2 aromatic rings. The van der Waals surface area contributed by atoms with Crippen LogP contribution in [-0.4, -0.2) is 121 Å². The lowest BCUT2D eigenvalue weighted by molar-refractivity contribution is -0.204. The number of hydroxylamine groups is 2. The fourth-order valence-corrected chi connectivity index (χ4v) is 7.14. The Morgan fingerprint density at radius 1 is 1.06 bits per heavy atom. The largest absolute Gasteiger partial charge is 0.458 e. The lowest BCUT2D eigenvalue weighted by atomic mass is 9.62. The summed E-state index contributed by atoms with van der Waals surface area (Å²) in [7, 11) is 4.88. The topological polar surface area (TPSA) is 147 Å². The van der Waals surface area contributed by atoms with E-state index in [0.717, 1.165) is 16.7 Å². The molecule has 250 valence electrons. The fourth-order valence-electron chi connectivity index (χ4n) is 7.14. The van der Waals surface area contributed by atoms with Gasteiger partial charge in [0.05, 0.1) is 13.2 Å². The Morgan fingerprint density at radius 2 is 1.79 bits per heavy atom. The Kier molecular flexibility index (Phi) is 9.44. The third-order valence-electron chi connectivity index (χ3n) is 9.47. The number of fused-ring (bicyclic) bond motifs is 4. The molecule has 0 unspecified atom stereocenters. The predicted molar refractivity (Wildman–Crippen MR) is 167 cm³/mol. The van der Waals surface area contributed by atoms with Gasteiger partial charge < -0.3 is 34.4 Å². The van der Waals surface area contributed by atoms with Gasteiger partial charge in [-0.1, -0.05) is 54.6 Å². The first-order valence-electron chi connectivity index (χ1n) is 15.7. The number of ether oxygens (including phenoxy) is 3. The van der Waals surface area contributed by atoms with Crippen LogP contribution >= 0.6 is 0 Å². The summed E-state index contributed by atoms with van der Waals surface area (Å²) in [4.78, 5) is 64.1. The van der Waals surface area contributed by atoms with Crippen LogP contribution in [0.25, 0.3) is 6.08 Å². The van der Waals surface area contributed by atoms with E-state index >= 15 is 0 Å². The third kappa shape index (κ3) is 6.05. The molecule has 1 saturated carbocycles. The van der Waals surface area contributed by atoms with Crippen LogP contribution < -0.4 is 5.32 Å². The van der Waals surface area contributed by atoms with Crippen molar-refractivity contribution in [2.45, 2.75) is 55.9 Å². The van der Waals surface area contributed by atoms with Gasteiger partial charge in [0.1, 0.15) is 42.7 Å². The molecular formula is C34H40N4O9. The molecule has 7 atom stereocenters. The number of carbonyl (C=O) groups excluding carboxylic acids is 4. The minimum absolute atomic E-state index is 0.0246. The zero-order valence-corrected chi connectivity index (χ0v) is 26.6. The van der Waals surface area contributed by atoms with Crippen molar-refractivity contribution >= 4 is 29.8 Å². The molecule has 1 aliphatic carbocycles. The molecule has 4 fully saturated rings. The Hall–Kier alpha value is -4.14. The molecular weight excluding hydrogens is 608 g/mol. The Bertz CT molecular complexity index is 1530. The molecule has 13 nitrogen and oxygen atoms in total. The molecule has 13 heteroatoms. The summed E-state index contributed by atoms with van der Waals surface area (Å²) in [6.07, 6.45) is 0.530. The molecule has 3 saturated heterocycles. The summed E-state index contributed by atoms with van der Waals surface area (Å²) in [5.74, 6) is -1.69. The van der Waals surface area contributed by atoms with Gasteiger partial charge in [-0.05, 0) is 22.8 Å². The lowest BCUT2D eigenvalue weighted by Crippen LogP contribution is -2.70. The normalized spacial score (nSPS) is 28.4. The number of amides is 3. The van der Waals surface area contributed by atoms with Crippen LogP contribution in [0.3, 0.4) is 0 Å². The van der Waals surface area contributed by atoms with Crippen molar-refractivity contribution in [3.8, 4) is 0 Å². The quantitative estimate of drug-likeness (QED) is 0.261. The Balaban J connectivity index is 1.37. The molecule has 4 aliphatic rings. The summed E-state index contributed by atoms with van der Waals surface area (Å²) in [6, 6.07) is 14.6. The van der Waals surface area contributed by atoms with Crippen molar-refractivity contribution in [1.29, 1.82) is 0 Å². The van der Waals surface area contributed by atoms with Gasteiger partial charge in [0, 0.05) is 46.6 Å². The highest BCUT2D eigenvalue weighted by Gasteiger charge is 2.75. The minimum Gasteiger partial charge on any atom is -0.458 e. The average molecular weight is 649 g/mol. The van der Waals surface area contributed by atoms with Crippen molar-refractivity contribution in [2.75, 3.05) is 41.1 Å². The van der Waals surface area contributed by atoms with Crippen molar-refractivity contribution in [2.24, 2.45) is 5.41 Å². The number of esters is 1. The smallest absolute Gasteiger partial charge is 0.327 e. The standard InChI is InChI=1S/C34H40N4O9/c1-36(2)26(40)14-13-22-11-7-8-12-23(22)19-38-29-32(42)46-25-18-34(29,30(47-38)28-27(25)44-20-45-28)33(43)37(3)24(31(41)35-15-16-39)17-21-9-5-4-6-10-21/h4-14,24-25,27-30,39H,15-20H2,1-3H3,(H,35,41)/t24-,25-,27+,28+,29+,30-,34+/m1/s1. The number of carbonyl (C=O) groups is 4. The number of likely N-dealkylation sites (N-methyl/N-ethyl adjacent to an activating group) is 2. The molecule has 0 aromatic heterocycles. The summed E-state index contributed by atoms with van der Waals surface area (Å²) in [5, 5.41) is 13.6. The second-order valence-electron chi connectivity index (χ2n) is 12.5. The first kappa shape index (κ1) is 32.8. The number of aliphatic hydroxyl groups is 1. The SMILES string of the molecule is CN(C)C(=O)C=Cc1ccccc1CN1O[C@@H]2[C@H]3OCO[C@H]3[C@H]3C[C@]2(C(=O)N(C)[C@H](Cc2ccccc2)C(=O)NCCO)[C@@H]1C(=O)O3. The first-order chi connectivity index (χ1) is 22.6. The summed E-state index contributed by atoms with van der Waals surface area (Å²) < 4.78 is 17.7. The van der Waals surface area contributed by atoms with E-state index in [0.29, 0.717) is 0 Å². The minimum atomic E-state index is -1.46. The number of hydrogen-bond donors (Lipinski definition) is 2. The average Bonchev–Trinajstić information content (AvgIpc) is 3.70. The van der Waals surface area contributed by atoms with Crippen LogP contribution in [0.2, 0.25) is 0 Å². The fraction of sp³-hybridized carbons (Fsp3) is 0.471. The van der Waals surface area contributed by atoms with Gasteiger partial charge >= 0.3 is 5.97 Å². The van der Waals surface area contributed by atoms with Gasteiger partial charge in [0.2, 0.25) is 17.7 Å². The van der Waals surface area contributed by atoms with Crippen LogP contribution in [0.15, 0.2) is 60.7 Å². The molecule has 3 aliphatic heterocycles. The van der Waals surface area contributed by atoms with E-state index in [4.69, 9.17) is 19.0 Å². The first-order valence-corrected chi connectivity index (χ1v) is 15.7. The third-order valence-corrected chi connectivity index (χ3v) is 9.47. The van der Waals surface area contributed by atoms with Crippen LogP contribution in [0.5, 0.6) is 0 Å². The van der Waals surface area contributed by atoms with Gasteiger partial charge in [-0.3, -0.25) is 24.0 Å². The van der Waals surface area contributed by atoms with E-state index in [2.05, 4.69) is 5.32 Å². The van der Waals surface area contributed by atoms with E-state index in [1.165, 1.54) is 20.9 Å². The summed E-state index contributed by atoms with van der Waals surface area (Å²) in [5.41, 5.74) is 0.874. The molecule has 0 radical (unpaired) electrons. The molecule has 6 rings (SSSR count). The van der Waals surface area contributed by atoms with Gasteiger partial charge in [-0.2, -0.15) is 5.06 Å². The van der Waals surface area contributed by atoms with Gasteiger partial charge in [0.15, 0.2) is 6.04 Å². The van der Waals surface area contributed by atoms with E-state index < -0.39 is 59.7 Å². The highest BCUT2D eigenvalue weighted by atomic mass is 16.8. The Labute approximate surface area is 272 Å². The number of rotatable bonds is 11. The van der Waals surface area contributed by atoms with Crippen LogP contribution in [0, 0.1) is 5.41 Å². The molecule has 3 heterocycles. The molecule has 47 heavy (non-hydrogen) atoms. The maximum Gasteiger partial charge on any atom is 0.327 e. The van der Waals surface area contributed by atoms with E-state index in [9.17, 15) is 24.3 Å². The number of aliphatic hydroxyl groups excluding tert-OH is 1. The van der Waals surface area contributed by atoms with Gasteiger partial charge in [-0.25, -0.2) is 0 Å². The van der Waals surface area contributed by atoms with Crippen LogP contribution in [0.4, 0.5) is 0 Å². The molecule has 2 N–H and O–H groups in total. The molecule has 2 bridgehead atoms. The van der Waals surface area contributed by atoms with E-state index in [-0.39, 0.29) is 45.2 Å². The van der Waals surface area contributed by atoms with Crippen molar-refractivity contribution in [3.63, 3.8) is 0 Å². The van der Waals surface area contributed by atoms with Gasteiger partial charge in [-0.15, -0.1) is 0 Å².